The van der Waals surface area contributed by atoms with E-state index in [1.807, 2.05) is 15.9 Å². The zero-order chi connectivity index (χ0) is 24.5. The minimum Gasteiger partial charge on any atom is -0.457 e. The van der Waals surface area contributed by atoms with Crippen LogP contribution in [0.15, 0.2) is 68.9 Å². The molecule has 0 radical (unpaired) electrons. The number of hydrogen-bond donors (Lipinski definition) is 0. The Morgan fingerprint density at radius 2 is 1.83 bits per heavy atom. The minimum atomic E-state index is -0.520. The molecule has 2 aliphatic heterocycles. The first-order chi connectivity index (χ1) is 16.9. The van der Waals surface area contributed by atoms with Crippen molar-refractivity contribution in [2.75, 3.05) is 31.1 Å². The molecule has 3 aromatic rings. The van der Waals surface area contributed by atoms with Crippen LogP contribution in [0.1, 0.15) is 5.76 Å². The van der Waals surface area contributed by atoms with Gasteiger partial charge in [0.2, 0.25) is 0 Å². The smallest absolute Gasteiger partial charge is 0.286 e. The maximum absolute atomic E-state index is 14.1. The van der Waals surface area contributed by atoms with Crippen LogP contribution in [0.4, 0.5) is 15.8 Å². The van der Waals surface area contributed by atoms with Gasteiger partial charge in [-0.05, 0) is 42.1 Å². The number of hydrogen-bond acceptors (Lipinski definition) is 7. The molecule has 2 aliphatic rings. The number of nitro benzene ring substituents is 1. The lowest BCUT2D eigenvalue weighted by Gasteiger charge is -2.36. The van der Waals surface area contributed by atoms with Gasteiger partial charge in [0.25, 0.3) is 11.6 Å². The third-order valence-electron chi connectivity index (χ3n) is 5.68. The van der Waals surface area contributed by atoms with Crippen LogP contribution in [0.3, 0.4) is 0 Å². The van der Waals surface area contributed by atoms with Crippen molar-refractivity contribution < 1.29 is 18.5 Å². The van der Waals surface area contributed by atoms with Crippen molar-refractivity contribution in [3.63, 3.8) is 0 Å². The van der Waals surface area contributed by atoms with Gasteiger partial charge in [-0.2, -0.15) is 4.99 Å². The molecule has 0 bridgehead atoms. The zero-order valence-corrected chi connectivity index (χ0v) is 19.8. The second-order valence-corrected chi connectivity index (χ2v) is 9.28. The Morgan fingerprint density at radius 1 is 1.09 bits per heavy atom. The Balaban J connectivity index is 1.25. The van der Waals surface area contributed by atoms with Crippen LogP contribution >= 0.6 is 23.4 Å². The number of thioether (sulfide) groups is 1. The number of nitro groups is 1. The molecule has 1 aromatic heterocycles. The van der Waals surface area contributed by atoms with Gasteiger partial charge in [0.15, 0.2) is 5.17 Å². The predicted molar refractivity (Wildman–Crippen MR) is 134 cm³/mol. The second-order valence-electron chi connectivity index (χ2n) is 7.86. The highest BCUT2D eigenvalue weighted by Crippen LogP contribution is 2.35. The fourth-order valence-electron chi connectivity index (χ4n) is 3.90. The number of halogens is 2. The van der Waals surface area contributed by atoms with Gasteiger partial charge >= 0.3 is 0 Å². The largest absolute Gasteiger partial charge is 0.457 e. The predicted octanol–water partition coefficient (Wildman–Crippen LogP) is 5.44. The number of para-hydroxylation sites is 1. The van der Waals surface area contributed by atoms with Gasteiger partial charge in [0, 0.05) is 50.0 Å². The average Bonchev–Trinajstić information content (AvgIpc) is 3.46. The number of rotatable bonds is 4. The molecule has 0 unspecified atom stereocenters. The number of non-ortho nitro benzene ring substituents is 1. The summed E-state index contributed by atoms with van der Waals surface area (Å²) in [6.45, 7) is 2.46. The number of piperazine rings is 1. The van der Waals surface area contributed by atoms with Gasteiger partial charge in [0.05, 0.1) is 20.5 Å². The van der Waals surface area contributed by atoms with Crippen LogP contribution in [-0.4, -0.2) is 47.1 Å². The summed E-state index contributed by atoms with van der Waals surface area (Å²) in [6, 6.07) is 14.2. The van der Waals surface area contributed by atoms with E-state index in [-0.39, 0.29) is 22.4 Å². The summed E-state index contributed by atoms with van der Waals surface area (Å²) in [5.41, 5.74) is 0.976. The third kappa shape index (κ3) is 4.80. The Kier molecular flexibility index (Phi) is 6.31. The van der Waals surface area contributed by atoms with Crippen molar-refractivity contribution in [3.05, 3.63) is 86.2 Å². The fraction of sp³-hybridized carbons (Fsp3) is 0.167. The molecule has 35 heavy (non-hydrogen) atoms. The van der Waals surface area contributed by atoms with E-state index < -0.39 is 4.92 Å². The SMILES string of the molecule is O=C1N=C(N2CCN(c3ccccc3F)CC2)SC1=Cc1ccc(-c2ccc([N+](=O)[O-])cc2Cl)o1. The van der Waals surface area contributed by atoms with Crippen molar-refractivity contribution in [2.45, 2.75) is 0 Å². The number of carbonyl (C=O) groups excluding carboxylic acids is 1. The molecule has 1 saturated heterocycles. The van der Waals surface area contributed by atoms with Crippen LogP contribution in [0, 0.1) is 15.9 Å². The van der Waals surface area contributed by atoms with Gasteiger partial charge in [-0.25, -0.2) is 4.39 Å². The maximum atomic E-state index is 14.1. The van der Waals surface area contributed by atoms with Gasteiger partial charge in [-0.15, -0.1) is 0 Å². The highest BCUT2D eigenvalue weighted by Gasteiger charge is 2.29. The van der Waals surface area contributed by atoms with Crippen LogP contribution in [0.2, 0.25) is 5.02 Å². The Hall–Kier alpha value is -3.63. The van der Waals surface area contributed by atoms with E-state index in [0.29, 0.717) is 59.0 Å². The number of carbonyl (C=O) groups is 1. The van der Waals surface area contributed by atoms with Crippen LogP contribution in [0.25, 0.3) is 17.4 Å². The molecule has 3 heterocycles. The van der Waals surface area contributed by atoms with Crippen molar-refractivity contribution in [3.8, 4) is 11.3 Å². The second kappa shape index (κ2) is 9.55. The molecule has 0 spiro atoms. The highest BCUT2D eigenvalue weighted by atomic mass is 35.5. The summed E-state index contributed by atoms with van der Waals surface area (Å²) in [5.74, 6) is 0.262. The Bertz CT molecular complexity index is 1380. The number of benzene rings is 2. The highest BCUT2D eigenvalue weighted by molar-refractivity contribution is 8.18. The summed E-state index contributed by atoms with van der Waals surface area (Å²) < 4.78 is 19.9. The first-order valence-electron chi connectivity index (χ1n) is 10.7. The molecule has 11 heteroatoms. The summed E-state index contributed by atoms with van der Waals surface area (Å²) >= 11 is 7.46. The van der Waals surface area contributed by atoms with Gasteiger partial charge in [-0.1, -0.05) is 23.7 Å². The van der Waals surface area contributed by atoms with E-state index in [0.717, 1.165) is 0 Å². The topological polar surface area (TPSA) is 92.2 Å². The lowest BCUT2D eigenvalue weighted by molar-refractivity contribution is -0.384. The van der Waals surface area contributed by atoms with Crippen molar-refractivity contribution in [1.29, 1.82) is 0 Å². The van der Waals surface area contributed by atoms with E-state index in [1.165, 1.54) is 36.0 Å². The van der Waals surface area contributed by atoms with Crippen LogP contribution in [0.5, 0.6) is 0 Å². The standard InChI is InChI=1S/C24H18ClFN4O4S/c25-18-13-15(30(32)33)5-7-17(18)21-8-6-16(34-21)14-22-23(31)27-24(35-22)29-11-9-28(10-12-29)20-4-2-1-3-19(20)26/h1-8,13-14H,9-12H2. The zero-order valence-electron chi connectivity index (χ0n) is 18.2. The average molecular weight is 513 g/mol. The fourth-order valence-corrected chi connectivity index (χ4v) is 5.11. The van der Waals surface area contributed by atoms with Gasteiger partial charge < -0.3 is 14.2 Å². The molecule has 0 N–H and O–H groups in total. The Morgan fingerprint density at radius 3 is 2.54 bits per heavy atom. The summed E-state index contributed by atoms with van der Waals surface area (Å²) in [7, 11) is 0. The van der Waals surface area contributed by atoms with Crippen molar-refractivity contribution in [1.82, 2.24) is 4.90 Å². The maximum Gasteiger partial charge on any atom is 0.286 e. The molecule has 0 aliphatic carbocycles. The first-order valence-corrected chi connectivity index (χ1v) is 11.9. The lowest BCUT2D eigenvalue weighted by Crippen LogP contribution is -2.48. The van der Waals surface area contributed by atoms with Crippen LogP contribution in [-0.2, 0) is 4.79 Å². The molecular weight excluding hydrogens is 495 g/mol. The quantitative estimate of drug-likeness (QED) is 0.261. The molecular formula is C24H18ClFN4O4S. The number of nitrogens with zero attached hydrogens (tertiary/aromatic N) is 4. The van der Waals surface area contributed by atoms with E-state index in [4.69, 9.17) is 16.0 Å². The molecule has 0 saturated carbocycles. The van der Waals surface area contributed by atoms with E-state index in [1.54, 1.807) is 30.3 Å². The minimum absolute atomic E-state index is 0.111. The number of furan rings is 1. The number of anilines is 1. The van der Waals surface area contributed by atoms with Crippen molar-refractivity contribution >= 4 is 51.9 Å². The number of aliphatic imine (C=N–C) groups is 1. The van der Waals surface area contributed by atoms with Gasteiger partial charge in [0.1, 0.15) is 17.3 Å². The first kappa shape index (κ1) is 23.1. The number of amidine groups is 1. The molecule has 2 aromatic carbocycles. The van der Waals surface area contributed by atoms with Gasteiger partial charge in [-0.3, -0.25) is 14.9 Å². The van der Waals surface area contributed by atoms with Crippen LogP contribution < -0.4 is 4.90 Å². The molecule has 1 amide bonds. The monoisotopic (exact) mass is 512 g/mol. The summed E-state index contributed by atoms with van der Waals surface area (Å²) in [4.78, 5) is 31.5. The molecule has 8 nitrogen and oxygen atoms in total. The third-order valence-corrected chi connectivity index (χ3v) is 7.04. The van der Waals surface area contributed by atoms with Crippen molar-refractivity contribution in [2.24, 2.45) is 4.99 Å². The summed E-state index contributed by atoms with van der Waals surface area (Å²) in [6.07, 6.45) is 1.61. The number of amides is 1. The summed E-state index contributed by atoms with van der Waals surface area (Å²) in [5, 5.41) is 11.7. The van der Waals surface area contributed by atoms with E-state index in [9.17, 15) is 19.3 Å². The Labute approximate surface area is 208 Å². The normalized spacial score (nSPS) is 17.3. The van der Waals surface area contributed by atoms with E-state index in [2.05, 4.69) is 4.99 Å². The molecule has 1 fully saturated rings. The lowest BCUT2D eigenvalue weighted by atomic mass is 10.1. The molecule has 0 atom stereocenters. The molecule has 5 rings (SSSR count). The molecule has 178 valence electrons. The van der Waals surface area contributed by atoms with E-state index >= 15 is 0 Å².